The van der Waals surface area contributed by atoms with Gasteiger partial charge in [0.15, 0.2) is 0 Å². The van der Waals surface area contributed by atoms with Crippen molar-refractivity contribution in [3.63, 3.8) is 0 Å². The van der Waals surface area contributed by atoms with Crippen LogP contribution in [-0.2, 0) is 10.3 Å². The van der Waals surface area contributed by atoms with Crippen LogP contribution in [0.3, 0.4) is 0 Å². The first-order valence-electron chi connectivity index (χ1n) is 5.97. The Morgan fingerprint density at radius 3 is 2.44 bits per heavy atom. The van der Waals surface area contributed by atoms with Crippen LogP contribution in [0.5, 0.6) is 0 Å². The van der Waals surface area contributed by atoms with Crippen molar-refractivity contribution in [2.75, 3.05) is 7.11 Å². The zero-order valence-electron chi connectivity index (χ0n) is 10.1. The van der Waals surface area contributed by atoms with Gasteiger partial charge in [-0.15, -0.1) is 0 Å². The van der Waals surface area contributed by atoms with Crippen molar-refractivity contribution in [3.05, 3.63) is 35.4 Å². The minimum atomic E-state index is -0.176. The fourth-order valence-electron chi connectivity index (χ4n) is 2.74. The van der Waals surface area contributed by atoms with Gasteiger partial charge in [-0.1, -0.05) is 24.3 Å². The SMILES string of the molecule is CO[C@]1(c2ccccc2C)CC[C@H](O)CC1. The molecule has 1 aromatic rings. The topological polar surface area (TPSA) is 29.5 Å². The van der Waals surface area contributed by atoms with E-state index in [2.05, 4.69) is 31.2 Å². The van der Waals surface area contributed by atoms with Crippen LogP contribution in [0.25, 0.3) is 0 Å². The minimum Gasteiger partial charge on any atom is -0.393 e. The normalized spacial score (nSPS) is 30.3. The Balaban J connectivity index is 2.32. The van der Waals surface area contributed by atoms with Crippen molar-refractivity contribution >= 4 is 0 Å². The lowest BCUT2D eigenvalue weighted by atomic mass is 9.77. The van der Waals surface area contributed by atoms with Crippen LogP contribution in [0.1, 0.15) is 36.8 Å². The van der Waals surface area contributed by atoms with Gasteiger partial charge >= 0.3 is 0 Å². The average Bonchev–Trinajstić information content (AvgIpc) is 2.32. The number of rotatable bonds is 2. The molecule has 88 valence electrons. The van der Waals surface area contributed by atoms with Gasteiger partial charge in [0, 0.05) is 7.11 Å². The summed E-state index contributed by atoms with van der Waals surface area (Å²) in [5, 5.41) is 9.60. The molecular weight excluding hydrogens is 200 g/mol. The molecule has 1 saturated carbocycles. The Labute approximate surface area is 97.3 Å². The van der Waals surface area contributed by atoms with Gasteiger partial charge < -0.3 is 9.84 Å². The minimum absolute atomic E-state index is 0.146. The van der Waals surface area contributed by atoms with Gasteiger partial charge in [-0.05, 0) is 43.7 Å². The van der Waals surface area contributed by atoms with Crippen LogP contribution >= 0.6 is 0 Å². The van der Waals surface area contributed by atoms with Gasteiger partial charge in [-0.2, -0.15) is 0 Å². The molecule has 1 aliphatic rings. The first-order valence-corrected chi connectivity index (χ1v) is 5.97. The number of hydrogen-bond donors (Lipinski definition) is 1. The molecule has 0 amide bonds. The van der Waals surface area contributed by atoms with E-state index in [1.165, 1.54) is 11.1 Å². The maximum atomic E-state index is 9.60. The highest BCUT2D eigenvalue weighted by Gasteiger charge is 2.37. The highest BCUT2D eigenvalue weighted by molar-refractivity contribution is 5.32. The third-order valence-electron chi connectivity index (χ3n) is 3.79. The Hall–Kier alpha value is -0.860. The summed E-state index contributed by atoms with van der Waals surface area (Å²) >= 11 is 0. The zero-order chi connectivity index (χ0) is 11.6. The molecular formula is C14H20O2. The number of hydrogen-bond acceptors (Lipinski definition) is 2. The van der Waals surface area contributed by atoms with E-state index in [-0.39, 0.29) is 11.7 Å². The summed E-state index contributed by atoms with van der Waals surface area (Å²) in [5.41, 5.74) is 2.38. The number of ether oxygens (including phenoxy) is 1. The zero-order valence-corrected chi connectivity index (χ0v) is 10.1. The molecule has 1 N–H and O–H groups in total. The molecule has 0 radical (unpaired) electrons. The quantitative estimate of drug-likeness (QED) is 0.830. The van der Waals surface area contributed by atoms with Crippen LogP contribution in [0.4, 0.5) is 0 Å². The summed E-state index contributed by atoms with van der Waals surface area (Å²) in [6.07, 6.45) is 3.35. The van der Waals surface area contributed by atoms with Gasteiger partial charge in [0.25, 0.3) is 0 Å². The molecule has 0 aromatic heterocycles. The lowest BCUT2D eigenvalue weighted by Crippen LogP contribution is -2.35. The van der Waals surface area contributed by atoms with E-state index in [1.54, 1.807) is 7.11 Å². The van der Waals surface area contributed by atoms with Crippen molar-refractivity contribution in [1.82, 2.24) is 0 Å². The van der Waals surface area contributed by atoms with E-state index in [0.717, 1.165) is 25.7 Å². The number of benzene rings is 1. The van der Waals surface area contributed by atoms with Crippen molar-refractivity contribution in [2.45, 2.75) is 44.3 Å². The van der Waals surface area contributed by atoms with E-state index in [9.17, 15) is 5.11 Å². The second kappa shape index (κ2) is 4.56. The Morgan fingerprint density at radius 2 is 1.88 bits per heavy atom. The van der Waals surface area contributed by atoms with E-state index >= 15 is 0 Å². The molecule has 0 spiro atoms. The lowest BCUT2D eigenvalue weighted by Gasteiger charge is -2.39. The summed E-state index contributed by atoms with van der Waals surface area (Å²) in [5.74, 6) is 0. The predicted octanol–water partition coefficient (Wildman–Crippen LogP) is 2.77. The molecule has 0 bridgehead atoms. The van der Waals surface area contributed by atoms with Crippen molar-refractivity contribution < 1.29 is 9.84 Å². The summed E-state index contributed by atoms with van der Waals surface area (Å²) in [7, 11) is 1.78. The van der Waals surface area contributed by atoms with Crippen LogP contribution in [0.2, 0.25) is 0 Å². The van der Waals surface area contributed by atoms with Crippen molar-refractivity contribution in [3.8, 4) is 0 Å². The number of methoxy groups -OCH3 is 1. The largest absolute Gasteiger partial charge is 0.393 e. The van der Waals surface area contributed by atoms with Crippen LogP contribution in [0.15, 0.2) is 24.3 Å². The first-order chi connectivity index (χ1) is 7.68. The van der Waals surface area contributed by atoms with E-state index < -0.39 is 0 Å². The second-order valence-corrected chi connectivity index (χ2v) is 4.74. The Kier molecular flexibility index (Phi) is 3.31. The molecule has 0 unspecified atom stereocenters. The summed E-state index contributed by atoms with van der Waals surface area (Å²) < 4.78 is 5.78. The highest BCUT2D eigenvalue weighted by Crippen LogP contribution is 2.41. The van der Waals surface area contributed by atoms with Gasteiger partial charge in [-0.25, -0.2) is 0 Å². The molecule has 0 aliphatic heterocycles. The number of aliphatic hydroxyl groups excluding tert-OH is 1. The fourth-order valence-corrected chi connectivity index (χ4v) is 2.74. The molecule has 0 atom stereocenters. The van der Waals surface area contributed by atoms with Gasteiger partial charge in [-0.3, -0.25) is 0 Å². The molecule has 1 aliphatic carbocycles. The summed E-state index contributed by atoms with van der Waals surface area (Å²) in [6, 6.07) is 8.39. The Morgan fingerprint density at radius 1 is 1.25 bits per heavy atom. The monoisotopic (exact) mass is 220 g/mol. The van der Waals surface area contributed by atoms with Crippen LogP contribution in [0, 0.1) is 6.92 Å². The van der Waals surface area contributed by atoms with Crippen LogP contribution < -0.4 is 0 Å². The molecule has 1 fully saturated rings. The maximum absolute atomic E-state index is 9.60. The smallest absolute Gasteiger partial charge is 0.0932 e. The first kappa shape index (κ1) is 11.6. The Bertz CT molecular complexity index is 352. The molecule has 0 saturated heterocycles. The van der Waals surface area contributed by atoms with Gasteiger partial charge in [0.2, 0.25) is 0 Å². The molecule has 2 rings (SSSR count). The van der Waals surface area contributed by atoms with Crippen molar-refractivity contribution in [2.24, 2.45) is 0 Å². The van der Waals surface area contributed by atoms with E-state index in [1.807, 2.05) is 0 Å². The molecule has 2 heteroatoms. The maximum Gasteiger partial charge on any atom is 0.0932 e. The third kappa shape index (κ3) is 2.00. The lowest BCUT2D eigenvalue weighted by molar-refractivity contribution is -0.0693. The van der Waals surface area contributed by atoms with Gasteiger partial charge in [0.1, 0.15) is 0 Å². The standard InChI is InChI=1S/C14H20O2/c1-11-5-3-4-6-13(11)14(16-2)9-7-12(15)8-10-14/h3-6,12,15H,7-10H2,1-2H3/t12-,14+. The second-order valence-electron chi connectivity index (χ2n) is 4.74. The molecule has 1 aromatic carbocycles. The predicted molar refractivity (Wildman–Crippen MR) is 64.3 cm³/mol. The summed E-state index contributed by atoms with van der Waals surface area (Å²) in [4.78, 5) is 0. The summed E-state index contributed by atoms with van der Waals surface area (Å²) in [6.45, 7) is 2.13. The molecule has 0 heterocycles. The third-order valence-corrected chi connectivity index (χ3v) is 3.79. The van der Waals surface area contributed by atoms with Gasteiger partial charge in [0.05, 0.1) is 11.7 Å². The van der Waals surface area contributed by atoms with Crippen LogP contribution in [-0.4, -0.2) is 18.3 Å². The van der Waals surface area contributed by atoms with E-state index in [4.69, 9.17) is 4.74 Å². The van der Waals surface area contributed by atoms with Crippen molar-refractivity contribution in [1.29, 1.82) is 0 Å². The fraction of sp³-hybridized carbons (Fsp3) is 0.571. The van der Waals surface area contributed by atoms with E-state index in [0.29, 0.717) is 0 Å². The number of aryl methyl sites for hydroxylation is 1. The molecule has 16 heavy (non-hydrogen) atoms. The average molecular weight is 220 g/mol. The molecule has 2 nitrogen and oxygen atoms in total. The number of aliphatic hydroxyl groups is 1. The highest BCUT2D eigenvalue weighted by atomic mass is 16.5.